The Morgan fingerprint density at radius 3 is 2.50 bits per heavy atom. The standard InChI is InChI=1S/C9H22N4O/c1-7(2)5-11-9(13-10)12-6-8(3)14-4/h7-8H,5-6,10H2,1-4H3,(H2,11,12,13). The molecule has 0 heterocycles. The molecule has 0 amide bonds. The van der Waals surface area contributed by atoms with E-state index in [-0.39, 0.29) is 6.10 Å². The molecule has 5 heteroatoms. The fourth-order valence-electron chi connectivity index (χ4n) is 0.750. The average Bonchev–Trinajstić information content (AvgIpc) is 2.17. The summed E-state index contributed by atoms with van der Waals surface area (Å²) in [5, 5.41) is 3.06. The van der Waals surface area contributed by atoms with Crippen molar-refractivity contribution in [1.29, 1.82) is 0 Å². The molecule has 0 aromatic rings. The number of methoxy groups -OCH3 is 1. The van der Waals surface area contributed by atoms with Gasteiger partial charge in [-0.05, 0) is 12.8 Å². The van der Waals surface area contributed by atoms with E-state index in [9.17, 15) is 0 Å². The molecule has 0 fully saturated rings. The van der Waals surface area contributed by atoms with Crippen molar-refractivity contribution in [3.05, 3.63) is 0 Å². The number of nitrogens with one attached hydrogen (secondary N) is 2. The first-order valence-corrected chi connectivity index (χ1v) is 4.87. The van der Waals surface area contributed by atoms with Gasteiger partial charge in [0.2, 0.25) is 5.96 Å². The van der Waals surface area contributed by atoms with Crippen LogP contribution in [0.4, 0.5) is 0 Å². The molecule has 0 rings (SSSR count). The van der Waals surface area contributed by atoms with Crippen molar-refractivity contribution >= 4 is 5.96 Å². The zero-order valence-corrected chi connectivity index (χ0v) is 9.50. The molecule has 4 N–H and O–H groups in total. The Morgan fingerprint density at radius 2 is 2.07 bits per heavy atom. The predicted molar refractivity (Wildman–Crippen MR) is 58.9 cm³/mol. The third-order valence-electron chi connectivity index (χ3n) is 1.71. The van der Waals surface area contributed by atoms with Crippen molar-refractivity contribution in [3.63, 3.8) is 0 Å². The molecule has 1 unspecified atom stereocenters. The van der Waals surface area contributed by atoms with Crippen LogP contribution in [0.3, 0.4) is 0 Å². The van der Waals surface area contributed by atoms with Crippen molar-refractivity contribution < 1.29 is 4.74 Å². The van der Waals surface area contributed by atoms with Gasteiger partial charge in [0.05, 0.1) is 6.10 Å². The first-order valence-electron chi connectivity index (χ1n) is 4.87. The summed E-state index contributed by atoms with van der Waals surface area (Å²) < 4.78 is 5.08. The summed E-state index contributed by atoms with van der Waals surface area (Å²) in [5.74, 6) is 6.44. The number of hydrogen-bond acceptors (Lipinski definition) is 3. The number of aliphatic imine (C=N–C) groups is 1. The van der Waals surface area contributed by atoms with Gasteiger partial charge in [0, 0.05) is 20.2 Å². The number of guanidine groups is 1. The third-order valence-corrected chi connectivity index (χ3v) is 1.71. The Kier molecular flexibility index (Phi) is 7.14. The maximum atomic E-state index is 5.30. The van der Waals surface area contributed by atoms with Crippen molar-refractivity contribution in [2.75, 3.05) is 20.2 Å². The van der Waals surface area contributed by atoms with Crippen LogP contribution in [0, 0.1) is 5.92 Å². The van der Waals surface area contributed by atoms with Crippen LogP contribution in [-0.4, -0.2) is 32.3 Å². The van der Waals surface area contributed by atoms with Crippen LogP contribution in [0.15, 0.2) is 4.99 Å². The van der Waals surface area contributed by atoms with Gasteiger partial charge in [0.1, 0.15) is 0 Å². The molecule has 0 aliphatic heterocycles. The quantitative estimate of drug-likeness (QED) is 0.256. The van der Waals surface area contributed by atoms with Crippen LogP contribution >= 0.6 is 0 Å². The molecule has 5 nitrogen and oxygen atoms in total. The van der Waals surface area contributed by atoms with E-state index in [2.05, 4.69) is 29.6 Å². The van der Waals surface area contributed by atoms with E-state index < -0.39 is 0 Å². The lowest BCUT2D eigenvalue weighted by Crippen LogP contribution is -2.44. The Hall–Kier alpha value is -0.810. The minimum atomic E-state index is 0.146. The third kappa shape index (κ3) is 6.68. The number of rotatable bonds is 5. The summed E-state index contributed by atoms with van der Waals surface area (Å²) in [6.45, 7) is 7.64. The van der Waals surface area contributed by atoms with Gasteiger partial charge in [-0.2, -0.15) is 0 Å². The highest BCUT2D eigenvalue weighted by atomic mass is 16.5. The Balaban J connectivity index is 3.83. The molecule has 0 spiro atoms. The lowest BCUT2D eigenvalue weighted by Gasteiger charge is -2.13. The Labute approximate surface area is 86.1 Å². The molecular formula is C9H22N4O. The summed E-state index contributed by atoms with van der Waals surface area (Å²) in [7, 11) is 1.67. The van der Waals surface area contributed by atoms with Gasteiger partial charge in [-0.1, -0.05) is 13.8 Å². The van der Waals surface area contributed by atoms with E-state index in [1.165, 1.54) is 0 Å². The van der Waals surface area contributed by atoms with E-state index in [0.29, 0.717) is 18.4 Å². The highest BCUT2D eigenvalue weighted by molar-refractivity contribution is 5.79. The van der Waals surface area contributed by atoms with Gasteiger partial charge in [0.15, 0.2) is 0 Å². The van der Waals surface area contributed by atoms with Crippen LogP contribution in [0.25, 0.3) is 0 Å². The average molecular weight is 202 g/mol. The second kappa shape index (κ2) is 7.58. The molecule has 0 aliphatic rings. The second-order valence-electron chi connectivity index (χ2n) is 3.65. The molecule has 0 bridgehead atoms. The van der Waals surface area contributed by atoms with Crippen LogP contribution in [0.5, 0.6) is 0 Å². The van der Waals surface area contributed by atoms with Crippen LogP contribution < -0.4 is 16.6 Å². The topological polar surface area (TPSA) is 71.7 Å². The largest absolute Gasteiger partial charge is 0.380 e. The van der Waals surface area contributed by atoms with Crippen molar-refractivity contribution in [2.24, 2.45) is 16.8 Å². The van der Waals surface area contributed by atoms with Crippen LogP contribution in [-0.2, 0) is 4.74 Å². The SMILES string of the molecule is COC(C)CNC(=NCC(C)C)NN. The van der Waals surface area contributed by atoms with E-state index in [1.807, 2.05) is 6.92 Å². The second-order valence-corrected chi connectivity index (χ2v) is 3.65. The monoisotopic (exact) mass is 202 g/mol. The van der Waals surface area contributed by atoms with E-state index in [0.717, 1.165) is 6.54 Å². The minimum absolute atomic E-state index is 0.146. The molecule has 0 saturated carbocycles. The van der Waals surface area contributed by atoms with E-state index in [4.69, 9.17) is 10.6 Å². The molecule has 0 saturated heterocycles. The molecule has 0 radical (unpaired) electrons. The zero-order chi connectivity index (χ0) is 11.0. The number of ether oxygens (including phenoxy) is 1. The fraction of sp³-hybridized carbons (Fsp3) is 0.889. The summed E-state index contributed by atoms with van der Waals surface area (Å²) in [4.78, 5) is 4.26. The number of hydrogen-bond donors (Lipinski definition) is 3. The molecule has 14 heavy (non-hydrogen) atoms. The molecule has 0 aromatic carbocycles. The smallest absolute Gasteiger partial charge is 0.205 e. The summed E-state index contributed by atoms with van der Waals surface area (Å²) in [6.07, 6.45) is 0.146. The fourth-order valence-corrected chi connectivity index (χ4v) is 0.750. The highest BCUT2D eigenvalue weighted by Crippen LogP contribution is 1.91. The lowest BCUT2D eigenvalue weighted by atomic mass is 10.2. The van der Waals surface area contributed by atoms with Crippen LogP contribution in [0.2, 0.25) is 0 Å². The van der Waals surface area contributed by atoms with Gasteiger partial charge >= 0.3 is 0 Å². The maximum Gasteiger partial charge on any atom is 0.205 e. The number of hydrazine groups is 1. The Morgan fingerprint density at radius 1 is 1.43 bits per heavy atom. The van der Waals surface area contributed by atoms with Crippen molar-refractivity contribution in [3.8, 4) is 0 Å². The molecule has 0 aromatic heterocycles. The highest BCUT2D eigenvalue weighted by Gasteiger charge is 2.01. The summed E-state index contributed by atoms with van der Waals surface area (Å²) in [6, 6.07) is 0. The van der Waals surface area contributed by atoms with Gasteiger partial charge in [-0.25, -0.2) is 5.84 Å². The van der Waals surface area contributed by atoms with Crippen molar-refractivity contribution in [1.82, 2.24) is 10.7 Å². The van der Waals surface area contributed by atoms with Gasteiger partial charge in [-0.15, -0.1) is 0 Å². The molecule has 0 aliphatic carbocycles. The summed E-state index contributed by atoms with van der Waals surface area (Å²) >= 11 is 0. The molecule has 1 atom stereocenters. The maximum absolute atomic E-state index is 5.30. The van der Waals surface area contributed by atoms with E-state index in [1.54, 1.807) is 7.11 Å². The first-order chi connectivity index (χ1) is 6.60. The lowest BCUT2D eigenvalue weighted by molar-refractivity contribution is 0.121. The van der Waals surface area contributed by atoms with Gasteiger partial charge in [0.25, 0.3) is 0 Å². The first kappa shape index (κ1) is 13.2. The van der Waals surface area contributed by atoms with Gasteiger partial charge < -0.3 is 10.1 Å². The number of nitrogens with zero attached hydrogens (tertiary/aromatic N) is 1. The predicted octanol–water partition coefficient (Wildman–Crippen LogP) is 0.0862. The van der Waals surface area contributed by atoms with Crippen molar-refractivity contribution in [2.45, 2.75) is 26.9 Å². The van der Waals surface area contributed by atoms with Crippen LogP contribution in [0.1, 0.15) is 20.8 Å². The normalized spacial score (nSPS) is 14.3. The van der Waals surface area contributed by atoms with E-state index >= 15 is 0 Å². The Bertz CT molecular complexity index is 170. The summed E-state index contributed by atoms with van der Waals surface area (Å²) in [5.41, 5.74) is 2.52. The number of nitrogens with two attached hydrogens (primary N) is 1. The zero-order valence-electron chi connectivity index (χ0n) is 9.50. The molecule has 84 valence electrons. The minimum Gasteiger partial charge on any atom is -0.380 e. The molecular weight excluding hydrogens is 180 g/mol. The van der Waals surface area contributed by atoms with Gasteiger partial charge in [-0.3, -0.25) is 10.4 Å².